The first kappa shape index (κ1) is 15.6. The maximum absolute atomic E-state index is 12.1. The number of nitrogens with one attached hydrogen (secondary N) is 2. The average Bonchev–Trinajstić information content (AvgIpc) is 2.54. The van der Waals surface area contributed by atoms with Gasteiger partial charge in [-0.15, -0.1) is 11.8 Å². The molecule has 0 radical (unpaired) electrons. The number of hydrogen-bond donors (Lipinski definition) is 3. The van der Waals surface area contributed by atoms with E-state index in [1.54, 1.807) is 0 Å². The molecule has 2 aliphatic heterocycles. The number of fused-ring (bicyclic) bond motifs is 1. The van der Waals surface area contributed by atoms with E-state index in [-0.39, 0.29) is 18.6 Å². The van der Waals surface area contributed by atoms with E-state index in [1.807, 2.05) is 23.9 Å². The summed E-state index contributed by atoms with van der Waals surface area (Å²) < 4.78 is 5.24. The first-order valence-electron chi connectivity index (χ1n) is 7.73. The molecule has 1 aromatic carbocycles. The normalized spacial score (nSPS) is 23.4. The molecule has 0 saturated carbocycles. The van der Waals surface area contributed by atoms with Gasteiger partial charge in [0.05, 0.1) is 11.6 Å². The Morgan fingerprint density at radius 1 is 1.36 bits per heavy atom. The molecule has 2 aliphatic rings. The molecule has 0 bridgehead atoms. The molecule has 0 aromatic heterocycles. The minimum absolute atomic E-state index is 0.0433. The molecular formula is C16H22N2O3S. The molecule has 1 saturated heterocycles. The van der Waals surface area contributed by atoms with E-state index in [1.165, 1.54) is 10.5 Å². The van der Waals surface area contributed by atoms with Crippen molar-refractivity contribution in [2.75, 3.05) is 25.5 Å². The summed E-state index contributed by atoms with van der Waals surface area (Å²) in [6, 6.07) is 8.01. The SMILES string of the molecule is O=C(NCC1(O)CCOCC1)NC1CCSc2ccccc21. The summed E-state index contributed by atoms with van der Waals surface area (Å²) in [6.07, 6.45) is 2.06. The number of thioether (sulfide) groups is 1. The Labute approximate surface area is 134 Å². The minimum Gasteiger partial charge on any atom is -0.388 e. The van der Waals surface area contributed by atoms with Crippen LogP contribution in [0.1, 0.15) is 30.9 Å². The zero-order valence-corrected chi connectivity index (χ0v) is 13.3. The van der Waals surface area contributed by atoms with Crippen molar-refractivity contribution >= 4 is 17.8 Å². The monoisotopic (exact) mass is 322 g/mol. The highest BCUT2D eigenvalue weighted by Crippen LogP contribution is 2.35. The number of hydrogen-bond acceptors (Lipinski definition) is 4. The highest BCUT2D eigenvalue weighted by atomic mass is 32.2. The maximum atomic E-state index is 12.1. The number of carbonyl (C=O) groups excluding carboxylic acids is 1. The second kappa shape index (κ2) is 6.89. The van der Waals surface area contributed by atoms with Gasteiger partial charge >= 0.3 is 6.03 Å². The van der Waals surface area contributed by atoms with Gasteiger partial charge in [-0.1, -0.05) is 18.2 Å². The Bertz CT molecular complexity index is 532. The highest BCUT2D eigenvalue weighted by Gasteiger charge is 2.30. The second-order valence-electron chi connectivity index (χ2n) is 5.89. The lowest BCUT2D eigenvalue weighted by atomic mass is 9.94. The molecule has 6 heteroatoms. The molecule has 1 aromatic rings. The molecular weight excluding hydrogens is 300 g/mol. The van der Waals surface area contributed by atoms with Crippen LogP contribution in [0.3, 0.4) is 0 Å². The van der Waals surface area contributed by atoms with Gasteiger partial charge < -0.3 is 20.5 Å². The molecule has 22 heavy (non-hydrogen) atoms. The largest absolute Gasteiger partial charge is 0.388 e. The van der Waals surface area contributed by atoms with Crippen LogP contribution >= 0.6 is 11.8 Å². The number of amides is 2. The van der Waals surface area contributed by atoms with Crippen molar-refractivity contribution in [3.63, 3.8) is 0 Å². The van der Waals surface area contributed by atoms with Crippen molar-refractivity contribution in [3.8, 4) is 0 Å². The van der Waals surface area contributed by atoms with E-state index in [4.69, 9.17) is 4.74 Å². The minimum atomic E-state index is -0.837. The van der Waals surface area contributed by atoms with Gasteiger partial charge in [-0.3, -0.25) is 0 Å². The van der Waals surface area contributed by atoms with Crippen LogP contribution in [0.2, 0.25) is 0 Å². The number of ether oxygens (including phenoxy) is 1. The average molecular weight is 322 g/mol. The number of aliphatic hydroxyl groups is 1. The zero-order valence-electron chi connectivity index (χ0n) is 12.5. The molecule has 2 amide bonds. The van der Waals surface area contributed by atoms with Gasteiger partial charge in [-0.05, 0) is 18.1 Å². The number of carbonyl (C=O) groups is 1. The lowest BCUT2D eigenvalue weighted by Gasteiger charge is -2.32. The first-order valence-corrected chi connectivity index (χ1v) is 8.71. The lowest BCUT2D eigenvalue weighted by molar-refractivity contribution is -0.0600. The van der Waals surface area contributed by atoms with E-state index < -0.39 is 5.60 Å². The molecule has 3 N–H and O–H groups in total. The Kier molecular flexibility index (Phi) is 4.90. The fraction of sp³-hybridized carbons (Fsp3) is 0.562. The van der Waals surface area contributed by atoms with Crippen LogP contribution < -0.4 is 10.6 Å². The fourth-order valence-corrected chi connectivity index (χ4v) is 4.00. The smallest absolute Gasteiger partial charge is 0.315 e. The maximum Gasteiger partial charge on any atom is 0.315 e. The van der Waals surface area contributed by atoms with E-state index in [0.29, 0.717) is 26.1 Å². The summed E-state index contributed by atoms with van der Waals surface area (Å²) in [6.45, 7) is 1.37. The van der Waals surface area contributed by atoms with Crippen molar-refractivity contribution in [1.82, 2.24) is 10.6 Å². The van der Waals surface area contributed by atoms with Gasteiger partial charge in [0.15, 0.2) is 0 Å². The Morgan fingerprint density at radius 2 is 2.14 bits per heavy atom. The van der Waals surface area contributed by atoms with Gasteiger partial charge in [-0.25, -0.2) is 4.79 Å². The van der Waals surface area contributed by atoms with E-state index >= 15 is 0 Å². The van der Waals surface area contributed by atoms with Crippen molar-refractivity contribution < 1.29 is 14.6 Å². The molecule has 5 nitrogen and oxygen atoms in total. The molecule has 0 aliphatic carbocycles. The number of benzene rings is 1. The fourth-order valence-electron chi connectivity index (χ4n) is 2.87. The van der Waals surface area contributed by atoms with Crippen molar-refractivity contribution in [2.45, 2.75) is 35.8 Å². The third-order valence-corrected chi connectivity index (χ3v) is 5.39. The highest BCUT2D eigenvalue weighted by molar-refractivity contribution is 7.99. The Balaban J connectivity index is 1.54. The van der Waals surface area contributed by atoms with Crippen LogP contribution in [0, 0.1) is 0 Å². The van der Waals surface area contributed by atoms with Crippen molar-refractivity contribution in [1.29, 1.82) is 0 Å². The van der Waals surface area contributed by atoms with Gasteiger partial charge in [-0.2, -0.15) is 0 Å². The zero-order chi connectivity index (χ0) is 15.4. The second-order valence-corrected chi connectivity index (χ2v) is 7.03. The van der Waals surface area contributed by atoms with E-state index in [9.17, 15) is 9.90 Å². The van der Waals surface area contributed by atoms with Gasteiger partial charge in [0.1, 0.15) is 0 Å². The molecule has 1 unspecified atom stereocenters. The van der Waals surface area contributed by atoms with Crippen molar-refractivity contribution in [2.24, 2.45) is 0 Å². The lowest BCUT2D eigenvalue weighted by Crippen LogP contribution is -2.49. The quantitative estimate of drug-likeness (QED) is 0.797. The summed E-state index contributed by atoms with van der Waals surface area (Å²) in [4.78, 5) is 13.4. The molecule has 120 valence electrons. The Hall–Kier alpha value is -1.24. The van der Waals surface area contributed by atoms with Crippen LogP contribution in [-0.4, -0.2) is 42.3 Å². The van der Waals surface area contributed by atoms with Crippen LogP contribution in [0.5, 0.6) is 0 Å². The van der Waals surface area contributed by atoms with Gasteiger partial charge in [0.25, 0.3) is 0 Å². The third kappa shape index (κ3) is 3.74. The molecule has 2 heterocycles. The van der Waals surface area contributed by atoms with E-state index in [0.717, 1.165) is 12.2 Å². The predicted octanol–water partition coefficient (Wildman–Crippen LogP) is 2.06. The topological polar surface area (TPSA) is 70.6 Å². The molecule has 3 rings (SSSR count). The van der Waals surface area contributed by atoms with Gasteiger partial charge in [0.2, 0.25) is 0 Å². The summed E-state index contributed by atoms with van der Waals surface area (Å²) in [5, 5.41) is 16.2. The van der Waals surface area contributed by atoms with Crippen molar-refractivity contribution in [3.05, 3.63) is 29.8 Å². The first-order chi connectivity index (χ1) is 10.7. The predicted molar refractivity (Wildman–Crippen MR) is 86.1 cm³/mol. The third-order valence-electron chi connectivity index (χ3n) is 4.27. The van der Waals surface area contributed by atoms with Crippen LogP contribution in [0.25, 0.3) is 0 Å². The summed E-state index contributed by atoms with van der Waals surface area (Å²) in [5.41, 5.74) is 0.342. The Morgan fingerprint density at radius 3 is 2.95 bits per heavy atom. The standard InChI is InChI=1S/C16H22N2O3S/c19-15(17-11-16(20)6-8-21-9-7-16)18-13-5-10-22-14-4-2-1-3-12(13)14/h1-4,13,20H,5-11H2,(H2,17,18,19). The number of rotatable bonds is 3. The molecule has 1 fully saturated rings. The molecule has 0 spiro atoms. The van der Waals surface area contributed by atoms with Crippen LogP contribution in [-0.2, 0) is 4.74 Å². The number of urea groups is 1. The van der Waals surface area contributed by atoms with Crippen LogP contribution in [0.15, 0.2) is 29.2 Å². The summed E-state index contributed by atoms with van der Waals surface area (Å²) in [7, 11) is 0. The van der Waals surface area contributed by atoms with E-state index in [2.05, 4.69) is 22.8 Å². The van der Waals surface area contributed by atoms with Gasteiger partial charge in [0, 0.05) is 43.2 Å². The summed E-state index contributed by atoms with van der Waals surface area (Å²) in [5.74, 6) is 1.00. The molecule has 1 atom stereocenters. The van der Waals surface area contributed by atoms with Crippen LogP contribution in [0.4, 0.5) is 4.79 Å². The summed E-state index contributed by atoms with van der Waals surface area (Å²) >= 11 is 1.83.